The average molecular weight is 264 g/mol. The van der Waals surface area contributed by atoms with Gasteiger partial charge in [0.15, 0.2) is 0 Å². The van der Waals surface area contributed by atoms with E-state index in [0.29, 0.717) is 16.8 Å². The lowest BCUT2D eigenvalue weighted by Crippen LogP contribution is -2.13. The van der Waals surface area contributed by atoms with Crippen LogP contribution in [0.5, 0.6) is 0 Å². The Bertz CT molecular complexity index is 537. The second-order valence-corrected chi connectivity index (χ2v) is 5.14. The summed E-state index contributed by atoms with van der Waals surface area (Å²) in [6, 6.07) is 7.43. The largest absolute Gasteiger partial charge is 0.420 e. The molecule has 1 saturated heterocycles. The van der Waals surface area contributed by atoms with Crippen molar-refractivity contribution in [3.8, 4) is 11.5 Å². The number of rotatable bonds is 2. The molecule has 4 nitrogen and oxygen atoms in total. The van der Waals surface area contributed by atoms with Gasteiger partial charge >= 0.3 is 0 Å². The SMILES string of the molecule is CN1CCC(c2nnc(-c3ccc(Cl)cc3)o2)C1. The van der Waals surface area contributed by atoms with Crippen molar-refractivity contribution >= 4 is 11.6 Å². The Morgan fingerprint density at radius 2 is 2.06 bits per heavy atom. The Kier molecular flexibility index (Phi) is 3.06. The van der Waals surface area contributed by atoms with Crippen LogP contribution in [0.15, 0.2) is 28.7 Å². The summed E-state index contributed by atoms with van der Waals surface area (Å²) in [6.07, 6.45) is 1.08. The Labute approximate surface area is 111 Å². The van der Waals surface area contributed by atoms with Crippen LogP contribution in [0.3, 0.4) is 0 Å². The third-order valence-electron chi connectivity index (χ3n) is 3.27. The number of likely N-dealkylation sites (N-methyl/N-ethyl adjacent to an activating group) is 1. The number of likely N-dealkylation sites (tertiary alicyclic amines) is 1. The van der Waals surface area contributed by atoms with E-state index in [-0.39, 0.29) is 0 Å². The summed E-state index contributed by atoms with van der Waals surface area (Å²) in [7, 11) is 2.11. The molecule has 1 aromatic carbocycles. The van der Waals surface area contributed by atoms with Crippen LogP contribution in [-0.2, 0) is 0 Å². The van der Waals surface area contributed by atoms with Gasteiger partial charge in [-0.3, -0.25) is 0 Å². The van der Waals surface area contributed by atoms with Gasteiger partial charge in [-0.15, -0.1) is 10.2 Å². The first kappa shape index (κ1) is 11.7. The molecule has 94 valence electrons. The van der Waals surface area contributed by atoms with Crippen molar-refractivity contribution in [2.75, 3.05) is 20.1 Å². The van der Waals surface area contributed by atoms with Crippen molar-refractivity contribution in [2.45, 2.75) is 12.3 Å². The third-order valence-corrected chi connectivity index (χ3v) is 3.52. The molecule has 1 aliphatic heterocycles. The maximum atomic E-state index is 5.85. The minimum absolute atomic E-state index is 0.364. The fraction of sp³-hybridized carbons (Fsp3) is 0.385. The van der Waals surface area contributed by atoms with E-state index < -0.39 is 0 Å². The average Bonchev–Trinajstić information content (AvgIpc) is 2.98. The molecule has 1 aromatic heterocycles. The Morgan fingerprint density at radius 3 is 2.72 bits per heavy atom. The maximum Gasteiger partial charge on any atom is 0.247 e. The van der Waals surface area contributed by atoms with E-state index >= 15 is 0 Å². The summed E-state index contributed by atoms with van der Waals surface area (Å²) >= 11 is 5.85. The number of aromatic nitrogens is 2. The van der Waals surface area contributed by atoms with Crippen LogP contribution in [0.2, 0.25) is 5.02 Å². The Hall–Kier alpha value is -1.39. The fourth-order valence-electron chi connectivity index (χ4n) is 2.25. The summed E-state index contributed by atoms with van der Waals surface area (Å²) in [5.41, 5.74) is 0.907. The topological polar surface area (TPSA) is 42.2 Å². The van der Waals surface area contributed by atoms with E-state index in [4.69, 9.17) is 16.0 Å². The Balaban J connectivity index is 1.83. The van der Waals surface area contributed by atoms with Crippen LogP contribution in [0.4, 0.5) is 0 Å². The number of benzene rings is 1. The van der Waals surface area contributed by atoms with Crippen LogP contribution in [0.25, 0.3) is 11.5 Å². The molecule has 0 saturated carbocycles. The highest BCUT2D eigenvalue weighted by Crippen LogP contribution is 2.28. The molecule has 2 aromatic rings. The minimum Gasteiger partial charge on any atom is -0.420 e. The zero-order valence-electron chi connectivity index (χ0n) is 10.1. The monoisotopic (exact) mass is 263 g/mol. The van der Waals surface area contributed by atoms with E-state index in [1.807, 2.05) is 24.3 Å². The molecular weight excluding hydrogens is 250 g/mol. The highest BCUT2D eigenvalue weighted by molar-refractivity contribution is 6.30. The summed E-state index contributed by atoms with van der Waals surface area (Å²) in [5, 5.41) is 8.97. The summed E-state index contributed by atoms with van der Waals surface area (Å²) in [6.45, 7) is 2.07. The molecule has 1 atom stereocenters. The number of halogens is 1. The zero-order valence-corrected chi connectivity index (χ0v) is 10.9. The van der Waals surface area contributed by atoms with Gasteiger partial charge < -0.3 is 9.32 Å². The highest BCUT2D eigenvalue weighted by atomic mass is 35.5. The van der Waals surface area contributed by atoms with Crippen molar-refractivity contribution in [2.24, 2.45) is 0 Å². The second-order valence-electron chi connectivity index (χ2n) is 4.70. The van der Waals surface area contributed by atoms with Crippen molar-refractivity contribution in [3.05, 3.63) is 35.2 Å². The van der Waals surface area contributed by atoms with Crippen molar-refractivity contribution < 1.29 is 4.42 Å². The van der Waals surface area contributed by atoms with Gasteiger partial charge in [0.1, 0.15) is 0 Å². The molecule has 1 unspecified atom stereocenters. The van der Waals surface area contributed by atoms with Crippen molar-refractivity contribution in [1.29, 1.82) is 0 Å². The smallest absolute Gasteiger partial charge is 0.247 e. The molecule has 1 fully saturated rings. The second kappa shape index (κ2) is 4.71. The van der Waals surface area contributed by atoms with Crippen molar-refractivity contribution in [1.82, 2.24) is 15.1 Å². The first-order chi connectivity index (χ1) is 8.72. The molecule has 5 heteroatoms. The van der Waals surface area contributed by atoms with Gasteiger partial charge in [-0.2, -0.15) is 0 Å². The van der Waals surface area contributed by atoms with Gasteiger partial charge in [-0.1, -0.05) is 11.6 Å². The molecule has 0 bridgehead atoms. The number of hydrogen-bond acceptors (Lipinski definition) is 4. The number of hydrogen-bond donors (Lipinski definition) is 0. The molecule has 0 radical (unpaired) electrons. The molecular formula is C13H14ClN3O. The van der Waals surface area contributed by atoms with Gasteiger partial charge in [-0.05, 0) is 44.3 Å². The lowest BCUT2D eigenvalue weighted by Gasteiger charge is -2.05. The van der Waals surface area contributed by atoms with Gasteiger partial charge in [-0.25, -0.2) is 0 Å². The van der Waals surface area contributed by atoms with Crippen molar-refractivity contribution in [3.63, 3.8) is 0 Å². The first-order valence-electron chi connectivity index (χ1n) is 6.00. The molecule has 1 aliphatic rings. The fourth-order valence-corrected chi connectivity index (χ4v) is 2.37. The minimum atomic E-state index is 0.364. The normalized spacial score (nSPS) is 20.4. The van der Waals surface area contributed by atoms with E-state index in [0.717, 1.165) is 31.0 Å². The van der Waals surface area contributed by atoms with Crippen LogP contribution in [-0.4, -0.2) is 35.2 Å². The van der Waals surface area contributed by atoms with Gasteiger partial charge in [0, 0.05) is 17.1 Å². The summed E-state index contributed by atoms with van der Waals surface area (Å²) in [5.74, 6) is 1.67. The molecule has 0 spiro atoms. The number of nitrogens with zero attached hydrogens (tertiary/aromatic N) is 3. The van der Waals surface area contributed by atoms with E-state index in [2.05, 4.69) is 22.1 Å². The van der Waals surface area contributed by atoms with Crippen LogP contribution in [0, 0.1) is 0 Å². The summed E-state index contributed by atoms with van der Waals surface area (Å²) in [4.78, 5) is 2.27. The molecule has 18 heavy (non-hydrogen) atoms. The lowest BCUT2D eigenvalue weighted by atomic mass is 10.1. The third kappa shape index (κ3) is 2.26. The quantitative estimate of drug-likeness (QED) is 0.836. The molecule has 0 aliphatic carbocycles. The first-order valence-corrected chi connectivity index (χ1v) is 6.38. The van der Waals surface area contributed by atoms with Crippen LogP contribution in [0.1, 0.15) is 18.2 Å². The van der Waals surface area contributed by atoms with Gasteiger partial charge in [0.25, 0.3) is 0 Å². The molecule has 3 rings (SSSR count). The Morgan fingerprint density at radius 1 is 1.28 bits per heavy atom. The predicted molar refractivity (Wildman–Crippen MR) is 69.6 cm³/mol. The highest BCUT2D eigenvalue weighted by Gasteiger charge is 2.26. The standard InChI is InChI=1S/C13H14ClN3O/c1-17-7-6-10(8-17)13-16-15-12(18-13)9-2-4-11(14)5-3-9/h2-5,10H,6-8H2,1H3. The van der Waals surface area contributed by atoms with Gasteiger partial charge in [0.05, 0.1) is 5.92 Å². The van der Waals surface area contributed by atoms with Crippen LogP contribution < -0.4 is 0 Å². The van der Waals surface area contributed by atoms with Crippen LogP contribution >= 0.6 is 11.6 Å². The molecule has 0 N–H and O–H groups in total. The summed E-state index contributed by atoms with van der Waals surface area (Å²) < 4.78 is 5.75. The maximum absolute atomic E-state index is 5.85. The van der Waals surface area contributed by atoms with E-state index in [1.165, 1.54) is 0 Å². The van der Waals surface area contributed by atoms with Gasteiger partial charge in [0.2, 0.25) is 11.8 Å². The predicted octanol–water partition coefficient (Wildman–Crippen LogP) is 2.81. The van der Waals surface area contributed by atoms with E-state index in [1.54, 1.807) is 0 Å². The molecule has 0 amide bonds. The zero-order chi connectivity index (χ0) is 12.5. The molecule has 2 heterocycles. The lowest BCUT2D eigenvalue weighted by molar-refractivity contribution is 0.394. The van der Waals surface area contributed by atoms with E-state index in [9.17, 15) is 0 Å².